The van der Waals surface area contributed by atoms with Crippen LogP contribution >= 0.6 is 11.3 Å². The van der Waals surface area contributed by atoms with Gasteiger partial charge in [-0.3, -0.25) is 0 Å². The van der Waals surface area contributed by atoms with E-state index in [1.807, 2.05) is 11.3 Å². The summed E-state index contributed by atoms with van der Waals surface area (Å²) in [6.07, 6.45) is 1.04. The monoisotopic (exact) mass is 295 g/mol. The lowest BCUT2D eigenvalue weighted by atomic mass is 9.69. The van der Waals surface area contributed by atoms with E-state index in [1.165, 1.54) is 26.4 Å². The SMILES string of the molecule is Cc1ccccc1-c1cc2c(s1)C[C@H](C)[C@@]2(C#N)C(C)C. The van der Waals surface area contributed by atoms with Crippen molar-refractivity contribution in [3.05, 3.63) is 46.3 Å². The first kappa shape index (κ1) is 14.4. The van der Waals surface area contributed by atoms with Gasteiger partial charge < -0.3 is 0 Å². The molecule has 1 aliphatic carbocycles. The van der Waals surface area contributed by atoms with Crippen LogP contribution in [0.3, 0.4) is 0 Å². The lowest BCUT2D eigenvalue weighted by Gasteiger charge is -2.31. The maximum Gasteiger partial charge on any atom is 0.0884 e. The quantitative estimate of drug-likeness (QED) is 0.734. The van der Waals surface area contributed by atoms with Gasteiger partial charge in [-0.1, -0.05) is 45.0 Å². The molecule has 0 fully saturated rings. The van der Waals surface area contributed by atoms with Crippen LogP contribution in [0, 0.1) is 30.1 Å². The second-order valence-electron chi connectivity index (χ2n) is 6.50. The second kappa shape index (κ2) is 5.00. The molecule has 3 rings (SSSR count). The highest BCUT2D eigenvalue weighted by atomic mass is 32.1. The Bertz CT molecular complexity index is 719. The van der Waals surface area contributed by atoms with E-state index in [4.69, 9.17) is 0 Å². The second-order valence-corrected chi connectivity index (χ2v) is 7.64. The van der Waals surface area contributed by atoms with Crippen molar-refractivity contribution >= 4 is 11.3 Å². The fraction of sp³-hybridized carbons (Fsp3) is 0.421. The largest absolute Gasteiger partial charge is 0.197 e. The molecule has 108 valence electrons. The van der Waals surface area contributed by atoms with Crippen molar-refractivity contribution < 1.29 is 0 Å². The average Bonchev–Trinajstić information content (AvgIpc) is 2.94. The summed E-state index contributed by atoms with van der Waals surface area (Å²) in [4.78, 5) is 2.72. The summed E-state index contributed by atoms with van der Waals surface area (Å²) < 4.78 is 0. The van der Waals surface area contributed by atoms with Gasteiger partial charge in [0.15, 0.2) is 0 Å². The van der Waals surface area contributed by atoms with Crippen molar-refractivity contribution in [1.29, 1.82) is 5.26 Å². The summed E-state index contributed by atoms with van der Waals surface area (Å²) in [5.74, 6) is 0.757. The zero-order chi connectivity index (χ0) is 15.2. The molecule has 2 atom stereocenters. The summed E-state index contributed by atoms with van der Waals surface area (Å²) in [7, 11) is 0. The molecule has 0 saturated heterocycles. The Morgan fingerprint density at radius 3 is 2.67 bits per heavy atom. The minimum absolute atomic E-state index is 0.313. The lowest BCUT2D eigenvalue weighted by Crippen LogP contribution is -2.34. The van der Waals surface area contributed by atoms with Crippen LogP contribution in [-0.4, -0.2) is 0 Å². The number of aryl methyl sites for hydroxylation is 1. The van der Waals surface area contributed by atoms with Crippen molar-refractivity contribution in [3.8, 4) is 16.5 Å². The third-order valence-electron chi connectivity index (χ3n) is 5.03. The molecule has 0 bridgehead atoms. The van der Waals surface area contributed by atoms with Gasteiger partial charge in [-0.25, -0.2) is 0 Å². The van der Waals surface area contributed by atoms with Gasteiger partial charge in [-0.05, 0) is 47.9 Å². The number of benzene rings is 1. The summed E-state index contributed by atoms with van der Waals surface area (Å²) in [5.41, 5.74) is 3.58. The van der Waals surface area contributed by atoms with Crippen LogP contribution in [0.5, 0.6) is 0 Å². The molecule has 1 aromatic heterocycles. The molecule has 21 heavy (non-hydrogen) atoms. The number of nitriles is 1. The highest BCUT2D eigenvalue weighted by Gasteiger charge is 2.48. The Morgan fingerprint density at radius 1 is 1.33 bits per heavy atom. The predicted molar refractivity (Wildman–Crippen MR) is 89.5 cm³/mol. The molecule has 1 nitrogen and oxygen atoms in total. The number of nitrogens with zero attached hydrogens (tertiary/aromatic N) is 1. The first-order valence-corrected chi connectivity index (χ1v) is 8.42. The topological polar surface area (TPSA) is 23.8 Å². The number of fused-ring (bicyclic) bond motifs is 1. The van der Waals surface area contributed by atoms with E-state index in [0.29, 0.717) is 11.8 Å². The van der Waals surface area contributed by atoms with Crippen LogP contribution in [0.4, 0.5) is 0 Å². The third kappa shape index (κ3) is 1.95. The van der Waals surface area contributed by atoms with Gasteiger partial charge in [0.05, 0.1) is 11.5 Å². The molecule has 2 aromatic rings. The summed E-state index contributed by atoms with van der Waals surface area (Å²) in [6.45, 7) is 8.74. The fourth-order valence-corrected chi connectivity index (χ4v) is 5.25. The van der Waals surface area contributed by atoms with Gasteiger partial charge in [-0.2, -0.15) is 5.26 Å². The summed E-state index contributed by atoms with van der Waals surface area (Å²) >= 11 is 1.88. The van der Waals surface area contributed by atoms with E-state index in [2.05, 4.69) is 64.1 Å². The zero-order valence-corrected chi connectivity index (χ0v) is 13.9. The van der Waals surface area contributed by atoms with E-state index in [1.54, 1.807) is 0 Å². The number of rotatable bonds is 2. The number of hydrogen-bond acceptors (Lipinski definition) is 2. The first-order valence-electron chi connectivity index (χ1n) is 7.61. The van der Waals surface area contributed by atoms with Crippen LogP contribution in [0.15, 0.2) is 30.3 Å². The maximum atomic E-state index is 9.89. The predicted octanol–water partition coefficient (Wildman–Crippen LogP) is 5.33. The first-order chi connectivity index (χ1) is 10.0. The van der Waals surface area contributed by atoms with Crippen LogP contribution in [-0.2, 0) is 11.8 Å². The molecule has 0 amide bonds. The van der Waals surface area contributed by atoms with Crippen LogP contribution in [0.2, 0.25) is 0 Å². The Balaban J connectivity index is 2.15. The fourth-order valence-electron chi connectivity index (χ4n) is 3.80. The van der Waals surface area contributed by atoms with Crippen molar-refractivity contribution in [2.24, 2.45) is 11.8 Å². The average molecular weight is 295 g/mol. The Hall–Kier alpha value is -1.59. The minimum atomic E-state index is -0.313. The van der Waals surface area contributed by atoms with Crippen molar-refractivity contribution in [1.82, 2.24) is 0 Å². The standard InChI is InChI=1S/C19H21NS/c1-12(2)19(11-20)14(4)9-18-16(19)10-17(21-18)15-8-6-5-7-13(15)3/h5-8,10,12,14H,9H2,1-4H3/t14-,19+/m0/s1. The van der Waals surface area contributed by atoms with Crippen molar-refractivity contribution in [3.63, 3.8) is 0 Å². The van der Waals surface area contributed by atoms with E-state index in [9.17, 15) is 5.26 Å². The molecule has 2 heteroatoms. The van der Waals surface area contributed by atoms with E-state index >= 15 is 0 Å². The molecule has 0 radical (unpaired) electrons. The van der Waals surface area contributed by atoms with Gasteiger partial charge in [0.1, 0.15) is 0 Å². The zero-order valence-electron chi connectivity index (χ0n) is 13.1. The molecule has 0 unspecified atom stereocenters. The van der Waals surface area contributed by atoms with Crippen LogP contribution in [0.25, 0.3) is 10.4 Å². The van der Waals surface area contributed by atoms with Gasteiger partial charge >= 0.3 is 0 Å². The minimum Gasteiger partial charge on any atom is -0.197 e. The molecular weight excluding hydrogens is 274 g/mol. The van der Waals surface area contributed by atoms with E-state index < -0.39 is 0 Å². The number of thiophene rings is 1. The molecule has 0 saturated carbocycles. The van der Waals surface area contributed by atoms with Gasteiger partial charge in [-0.15, -0.1) is 11.3 Å². The summed E-state index contributed by atoms with van der Waals surface area (Å²) in [6, 6.07) is 13.5. The molecule has 1 heterocycles. The Morgan fingerprint density at radius 2 is 2.05 bits per heavy atom. The highest BCUT2D eigenvalue weighted by molar-refractivity contribution is 7.15. The Kier molecular flexibility index (Phi) is 3.42. The lowest BCUT2D eigenvalue weighted by molar-refractivity contribution is 0.302. The molecule has 1 aromatic carbocycles. The molecule has 0 spiro atoms. The molecule has 0 aliphatic heterocycles. The molecule has 0 N–H and O–H groups in total. The van der Waals surface area contributed by atoms with Crippen molar-refractivity contribution in [2.75, 3.05) is 0 Å². The highest BCUT2D eigenvalue weighted by Crippen LogP contribution is 2.52. The third-order valence-corrected chi connectivity index (χ3v) is 6.22. The summed E-state index contributed by atoms with van der Waals surface area (Å²) in [5, 5.41) is 9.89. The Labute approximate surface area is 131 Å². The molecule has 1 aliphatic rings. The number of hydrogen-bond donors (Lipinski definition) is 0. The normalized spacial score (nSPS) is 24.1. The van der Waals surface area contributed by atoms with Crippen LogP contribution in [0.1, 0.15) is 36.8 Å². The van der Waals surface area contributed by atoms with E-state index in [0.717, 1.165) is 6.42 Å². The maximum absolute atomic E-state index is 9.89. The van der Waals surface area contributed by atoms with Gasteiger partial charge in [0.25, 0.3) is 0 Å². The van der Waals surface area contributed by atoms with Gasteiger partial charge in [0.2, 0.25) is 0 Å². The molecular formula is C19H21NS. The van der Waals surface area contributed by atoms with Crippen LogP contribution < -0.4 is 0 Å². The van der Waals surface area contributed by atoms with Gasteiger partial charge in [0, 0.05) is 9.75 Å². The van der Waals surface area contributed by atoms with Crippen molar-refractivity contribution in [2.45, 2.75) is 39.5 Å². The smallest absolute Gasteiger partial charge is 0.0884 e. The van der Waals surface area contributed by atoms with E-state index in [-0.39, 0.29) is 5.41 Å².